The van der Waals surface area contributed by atoms with Gasteiger partial charge < -0.3 is 50.2 Å². The smallest absolute Gasteiger partial charge is 0.246 e. The third-order valence-electron chi connectivity index (χ3n) is 8.77. The number of nitrogens with two attached hydrogens (primary N) is 1. The van der Waals surface area contributed by atoms with Crippen molar-refractivity contribution in [1.29, 1.82) is 0 Å². The maximum absolute atomic E-state index is 13.9. The maximum Gasteiger partial charge on any atom is 0.246 e. The van der Waals surface area contributed by atoms with Crippen molar-refractivity contribution in [3.05, 3.63) is 41.0 Å². The van der Waals surface area contributed by atoms with E-state index in [0.29, 0.717) is 39.6 Å². The van der Waals surface area contributed by atoms with E-state index in [2.05, 4.69) is 20.5 Å². The number of aromatic nitrogens is 1. The molecule has 1 aliphatic heterocycles. The van der Waals surface area contributed by atoms with Crippen molar-refractivity contribution in [3.8, 4) is 10.4 Å². The molecule has 0 radical (unpaired) electrons. The molecule has 0 saturated carbocycles. The summed E-state index contributed by atoms with van der Waals surface area (Å²) >= 11 is 1.58. The fourth-order valence-electron chi connectivity index (χ4n) is 5.74. The number of nitrogens with zero attached hydrogens (tertiary/aromatic N) is 3. The van der Waals surface area contributed by atoms with Crippen LogP contribution in [-0.2, 0) is 33.3 Å². The predicted molar refractivity (Wildman–Crippen MR) is 201 cm³/mol. The topological polar surface area (TPSA) is 178 Å². The fourth-order valence-corrected chi connectivity index (χ4v) is 6.55. The molecule has 15 heteroatoms. The van der Waals surface area contributed by atoms with E-state index in [1.807, 2.05) is 71.4 Å². The van der Waals surface area contributed by atoms with Gasteiger partial charge in [-0.15, -0.1) is 11.3 Å². The first kappa shape index (κ1) is 43.4. The highest BCUT2D eigenvalue weighted by Crippen LogP contribution is 2.29. The van der Waals surface area contributed by atoms with Gasteiger partial charge in [-0.05, 0) is 56.9 Å². The van der Waals surface area contributed by atoms with Crippen molar-refractivity contribution in [1.82, 2.24) is 25.4 Å². The van der Waals surface area contributed by atoms with Crippen LogP contribution in [0.4, 0.5) is 0 Å². The predicted octanol–water partition coefficient (Wildman–Crippen LogP) is 2.14. The lowest BCUT2D eigenvalue weighted by Crippen LogP contribution is -2.58. The minimum Gasteiger partial charge on any atom is -0.391 e. The molecule has 1 aromatic carbocycles. The van der Waals surface area contributed by atoms with Crippen molar-refractivity contribution >= 4 is 29.1 Å². The maximum atomic E-state index is 13.9. The lowest BCUT2D eigenvalue weighted by atomic mass is 9.85. The Kier molecular flexibility index (Phi) is 18.6. The second kappa shape index (κ2) is 22.3. The number of nitrogens with one attached hydrogen (secondary N) is 2. The van der Waals surface area contributed by atoms with Crippen LogP contribution in [-0.4, -0.2) is 142 Å². The summed E-state index contributed by atoms with van der Waals surface area (Å²) in [7, 11) is 2.04. The Balaban J connectivity index is 1.38. The first-order chi connectivity index (χ1) is 24.8. The number of benzene rings is 1. The normalized spacial score (nSPS) is 17.4. The molecule has 0 bridgehead atoms. The lowest BCUT2D eigenvalue weighted by molar-refractivity contribution is -0.144. The highest BCUT2D eigenvalue weighted by atomic mass is 32.1. The van der Waals surface area contributed by atoms with Crippen LogP contribution in [0.3, 0.4) is 0 Å². The molecule has 1 saturated heterocycles. The molecule has 5 N–H and O–H groups in total. The van der Waals surface area contributed by atoms with E-state index >= 15 is 0 Å². The summed E-state index contributed by atoms with van der Waals surface area (Å²) < 4.78 is 22.1. The third kappa shape index (κ3) is 14.4. The van der Waals surface area contributed by atoms with Gasteiger partial charge in [0, 0.05) is 19.5 Å². The van der Waals surface area contributed by atoms with Crippen LogP contribution >= 0.6 is 11.3 Å². The molecule has 1 aromatic heterocycles. The fraction of sp³-hybridized carbons (Fsp3) is 0.676. The number of aryl methyl sites for hydroxylation is 1. The van der Waals surface area contributed by atoms with Crippen LogP contribution in [0.15, 0.2) is 29.8 Å². The van der Waals surface area contributed by atoms with E-state index in [-0.39, 0.29) is 44.7 Å². The number of hydrogen-bond donors (Lipinski definition) is 4. The Morgan fingerprint density at radius 1 is 1.00 bits per heavy atom. The molecule has 0 spiro atoms. The number of likely N-dealkylation sites (N-methyl/N-ethyl adjacent to an activating group) is 1. The van der Waals surface area contributed by atoms with Crippen molar-refractivity contribution in [3.63, 3.8) is 0 Å². The molecule has 2 aromatic rings. The summed E-state index contributed by atoms with van der Waals surface area (Å²) in [5.41, 5.74) is 9.59. The van der Waals surface area contributed by atoms with E-state index < -0.39 is 35.4 Å². The zero-order valence-electron chi connectivity index (χ0n) is 31.7. The largest absolute Gasteiger partial charge is 0.391 e. The van der Waals surface area contributed by atoms with E-state index in [1.54, 1.807) is 11.3 Å². The van der Waals surface area contributed by atoms with E-state index in [0.717, 1.165) is 41.2 Å². The zero-order valence-corrected chi connectivity index (χ0v) is 32.5. The summed E-state index contributed by atoms with van der Waals surface area (Å²) in [4.78, 5) is 49.2. The molecule has 4 atom stereocenters. The van der Waals surface area contributed by atoms with E-state index in [4.69, 9.17) is 24.7 Å². The number of thiazole rings is 1. The number of aliphatic hydroxyl groups is 1. The average Bonchev–Trinajstić information content (AvgIpc) is 3.72. The van der Waals surface area contributed by atoms with Crippen LogP contribution in [0, 0.1) is 12.3 Å². The van der Waals surface area contributed by atoms with Gasteiger partial charge in [0.1, 0.15) is 18.7 Å². The number of likely N-dealkylation sites (tertiary alicyclic amines) is 1. The number of ether oxygens (including phenoxy) is 4. The van der Waals surface area contributed by atoms with Gasteiger partial charge in [-0.2, -0.15) is 0 Å². The lowest BCUT2D eigenvalue weighted by Gasteiger charge is -2.35. The summed E-state index contributed by atoms with van der Waals surface area (Å²) in [5, 5.41) is 16.3. The Bertz CT molecular complexity index is 1370. The molecular weight excluding hydrogens is 689 g/mol. The second-order valence-corrected chi connectivity index (χ2v) is 15.1. The first-order valence-electron chi connectivity index (χ1n) is 18.1. The van der Waals surface area contributed by atoms with Crippen molar-refractivity contribution in [2.24, 2.45) is 11.1 Å². The Labute approximate surface area is 312 Å². The van der Waals surface area contributed by atoms with E-state index in [9.17, 15) is 19.5 Å². The number of hydrogen-bond acceptors (Lipinski definition) is 12. The minimum atomic E-state index is -0.946. The van der Waals surface area contributed by atoms with Crippen LogP contribution in [0.1, 0.15) is 57.8 Å². The number of carbonyl (C=O) groups is 3. The number of β-amino-alcohol motifs (C(OH)–C–C–N with tert-alkyl or cyclic N) is 1. The van der Waals surface area contributed by atoms with Crippen LogP contribution in [0.2, 0.25) is 0 Å². The monoisotopic (exact) mass is 748 g/mol. The second-order valence-electron chi connectivity index (χ2n) is 14.2. The number of carbonyl (C=O) groups excluding carboxylic acids is 3. The average molecular weight is 749 g/mol. The van der Waals surface area contributed by atoms with Crippen molar-refractivity contribution in [2.75, 3.05) is 86.1 Å². The molecule has 2 unspecified atom stereocenters. The highest BCUT2D eigenvalue weighted by molar-refractivity contribution is 7.13. The SMILES string of the molecule is Cc1ncsc1-c1ccc(C(C)NC(=O)[C@@H]2C[C@@H](O)CN2C(=O)C(NC(=O)COCCOCCOCCOCCN(C)CCCN)C(C)(C)C)cc1. The molecule has 3 amide bonds. The molecule has 292 valence electrons. The number of rotatable bonds is 23. The van der Waals surface area contributed by atoms with Gasteiger partial charge in [-0.3, -0.25) is 14.4 Å². The molecule has 2 heterocycles. The molecular formula is C37H60N6O8S. The Morgan fingerprint density at radius 3 is 2.19 bits per heavy atom. The molecule has 1 fully saturated rings. The summed E-state index contributed by atoms with van der Waals surface area (Å²) in [6, 6.07) is 5.77. The van der Waals surface area contributed by atoms with Crippen molar-refractivity contribution < 1.29 is 38.4 Å². The molecule has 14 nitrogen and oxygen atoms in total. The standard InChI is InChI=1S/C37H60N6O8S/c1-26(28-8-10-29(11-9-28)33-27(2)39-25-52-33)40-35(46)31-22-30(44)23-43(31)36(47)34(37(3,4)5)41-32(45)24-51-21-20-50-19-18-49-17-16-48-15-14-42(6)13-7-12-38/h8-11,25-26,30-31,34,44H,7,12-24,38H2,1-6H3,(H,40,46)(H,41,45)/t26?,30-,31+,34?/m1/s1. The Morgan fingerprint density at radius 2 is 1.62 bits per heavy atom. The van der Waals surface area contributed by atoms with Gasteiger partial charge in [0.25, 0.3) is 0 Å². The Hall–Kier alpha value is -3.02. The van der Waals surface area contributed by atoms with E-state index in [1.165, 1.54) is 4.90 Å². The highest BCUT2D eigenvalue weighted by Gasteiger charge is 2.44. The van der Waals surface area contributed by atoms with Crippen LogP contribution < -0.4 is 16.4 Å². The number of amides is 3. The van der Waals surface area contributed by atoms with Crippen LogP contribution in [0.25, 0.3) is 10.4 Å². The van der Waals surface area contributed by atoms with Gasteiger partial charge in [0.2, 0.25) is 17.7 Å². The van der Waals surface area contributed by atoms with Gasteiger partial charge in [0.15, 0.2) is 0 Å². The quantitative estimate of drug-likeness (QED) is 0.123. The van der Waals surface area contributed by atoms with Crippen molar-refractivity contribution in [2.45, 2.75) is 71.7 Å². The molecule has 1 aliphatic rings. The van der Waals surface area contributed by atoms with Gasteiger partial charge in [-0.25, -0.2) is 4.98 Å². The summed E-state index contributed by atoms with van der Waals surface area (Å²) in [5.74, 6) is -1.26. The van der Waals surface area contributed by atoms with Gasteiger partial charge >= 0.3 is 0 Å². The van der Waals surface area contributed by atoms with Crippen LogP contribution in [0.5, 0.6) is 0 Å². The molecule has 0 aliphatic carbocycles. The zero-order chi connectivity index (χ0) is 38.1. The van der Waals surface area contributed by atoms with Gasteiger partial charge in [-0.1, -0.05) is 45.0 Å². The molecule has 3 rings (SSSR count). The van der Waals surface area contributed by atoms with Gasteiger partial charge in [0.05, 0.1) is 74.5 Å². The third-order valence-corrected chi connectivity index (χ3v) is 9.75. The summed E-state index contributed by atoms with van der Waals surface area (Å²) in [6.45, 7) is 14.5. The number of aliphatic hydroxyl groups excluding tert-OH is 1. The molecule has 52 heavy (non-hydrogen) atoms. The minimum absolute atomic E-state index is 0.00551. The summed E-state index contributed by atoms with van der Waals surface area (Å²) in [6.07, 6.45) is 0.214. The first-order valence-corrected chi connectivity index (χ1v) is 19.0.